The highest BCUT2D eigenvalue weighted by Crippen LogP contribution is 2.39. The van der Waals surface area contributed by atoms with Crippen molar-refractivity contribution in [3.8, 4) is 17.2 Å². The quantitative estimate of drug-likeness (QED) is 0.499. The molecule has 0 saturated carbocycles. The summed E-state index contributed by atoms with van der Waals surface area (Å²) in [5, 5.41) is 6.36. The summed E-state index contributed by atoms with van der Waals surface area (Å²) in [7, 11) is 4.62. The van der Waals surface area contributed by atoms with Crippen LogP contribution in [-0.4, -0.2) is 70.6 Å². The molecule has 0 spiro atoms. The molecule has 0 bridgehead atoms. The Morgan fingerprint density at radius 2 is 1.90 bits per heavy atom. The van der Waals surface area contributed by atoms with Crippen LogP contribution < -0.4 is 24.8 Å². The predicted molar refractivity (Wildman–Crippen MR) is 105 cm³/mol. The lowest BCUT2D eigenvalue weighted by atomic mass is 10.1. The molecule has 1 fully saturated rings. The first-order valence-corrected chi connectivity index (χ1v) is 9.43. The van der Waals surface area contributed by atoms with Crippen molar-refractivity contribution >= 4 is 5.96 Å². The van der Waals surface area contributed by atoms with Crippen LogP contribution in [0.5, 0.6) is 17.2 Å². The Bertz CT molecular complexity index is 698. The number of hydrogen-bond donors (Lipinski definition) is 2. The molecule has 7 nitrogen and oxygen atoms in total. The van der Waals surface area contributed by atoms with Crippen molar-refractivity contribution in [3.63, 3.8) is 0 Å². The monoisotopic (exact) mass is 418 g/mol. The highest BCUT2D eigenvalue weighted by atomic mass is 19.4. The zero-order valence-electron chi connectivity index (χ0n) is 17.2. The van der Waals surface area contributed by atoms with Gasteiger partial charge in [-0.05, 0) is 25.5 Å². The minimum atomic E-state index is -4.18. The van der Waals surface area contributed by atoms with E-state index < -0.39 is 12.7 Å². The Labute approximate surface area is 169 Å². The van der Waals surface area contributed by atoms with Gasteiger partial charge in [-0.1, -0.05) is 0 Å². The Morgan fingerprint density at radius 3 is 2.48 bits per heavy atom. The van der Waals surface area contributed by atoms with Crippen LogP contribution in [0.2, 0.25) is 0 Å². The third kappa shape index (κ3) is 6.59. The van der Waals surface area contributed by atoms with Gasteiger partial charge in [-0.25, -0.2) is 4.99 Å². The van der Waals surface area contributed by atoms with Gasteiger partial charge < -0.3 is 24.8 Å². The molecular formula is C19H29F3N4O3. The fraction of sp³-hybridized carbons (Fsp3) is 0.632. The maximum Gasteiger partial charge on any atom is 0.401 e. The lowest BCUT2D eigenvalue weighted by Crippen LogP contribution is -2.45. The summed E-state index contributed by atoms with van der Waals surface area (Å²) >= 11 is 0. The third-order valence-corrected chi connectivity index (χ3v) is 4.55. The minimum Gasteiger partial charge on any atom is -0.493 e. The van der Waals surface area contributed by atoms with Crippen LogP contribution in [0.4, 0.5) is 13.2 Å². The molecule has 1 aliphatic heterocycles. The minimum absolute atomic E-state index is 0.0950. The molecule has 1 aliphatic rings. The van der Waals surface area contributed by atoms with Gasteiger partial charge in [0.1, 0.15) is 0 Å². The summed E-state index contributed by atoms with van der Waals surface area (Å²) in [5.74, 6) is 2.11. The largest absolute Gasteiger partial charge is 0.493 e. The second-order valence-corrected chi connectivity index (χ2v) is 6.67. The summed E-state index contributed by atoms with van der Waals surface area (Å²) < 4.78 is 53.9. The maximum absolute atomic E-state index is 12.6. The first kappa shape index (κ1) is 22.9. The van der Waals surface area contributed by atoms with Crippen LogP contribution in [-0.2, 0) is 6.54 Å². The van der Waals surface area contributed by atoms with Crippen molar-refractivity contribution in [3.05, 3.63) is 17.7 Å². The fourth-order valence-corrected chi connectivity index (χ4v) is 3.31. The van der Waals surface area contributed by atoms with Crippen LogP contribution in [0.15, 0.2) is 17.1 Å². The molecule has 10 heteroatoms. The lowest BCUT2D eigenvalue weighted by Gasteiger charge is -2.20. The first-order valence-electron chi connectivity index (χ1n) is 9.43. The van der Waals surface area contributed by atoms with E-state index in [4.69, 9.17) is 14.2 Å². The second kappa shape index (κ2) is 10.4. The summed E-state index contributed by atoms with van der Waals surface area (Å²) in [6, 6.07) is 3.52. The number of nitrogens with zero attached hydrogens (tertiary/aromatic N) is 2. The predicted octanol–water partition coefficient (Wildman–Crippen LogP) is 2.40. The molecule has 1 aromatic carbocycles. The molecule has 0 aromatic heterocycles. The average molecular weight is 418 g/mol. The SMILES string of the molecule is CCNC(=NCc1ccc(OC)c(OC)c1OC)NC1CCN(CC(F)(F)F)C1. The molecule has 29 heavy (non-hydrogen) atoms. The molecule has 1 heterocycles. The van der Waals surface area contributed by atoms with Gasteiger partial charge in [0.2, 0.25) is 5.75 Å². The number of guanidine groups is 1. The van der Waals surface area contributed by atoms with E-state index in [1.54, 1.807) is 20.3 Å². The number of ether oxygens (including phenoxy) is 3. The van der Waals surface area contributed by atoms with Gasteiger partial charge in [-0.2, -0.15) is 13.2 Å². The molecule has 0 amide bonds. The van der Waals surface area contributed by atoms with E-state index in [1.165, 1.54) is 12.0 Å². The summed E-state index contributed by atoms with van der Waals surface area (Å²) in [4.78, 5) is 5.97. The van der Waals surface area contributed by atoms with Gasteiger partial charge in [0.15, 0.2) is 17.5 Å². The van der Waals surface area contributed by atoms with Gasteiger partial charge in [-0.3, -0.25) is 4.90 Å². The Balaban J connectivity index is 2.08. The number of rotatable bonds is 8. The Morgan fingerprint density at radius 1 is 1.17 bits per heavy atom. The van der Waals surface area contributed by atoms with E-state index in [1.807, 2.05) is 13.0 Å². The third-order valence-electron chi connectivity index (χ3n) is 4.55. The van der Waals surface area contributed by atoms with Crippen LogP contribution >= 0.6 is 0 Å². The van der Waals surface area contributed by atoms with Crippen molar-refractivity contribution in [1.29, 1.82) is 0 Å². The number of likely N-dealkylation sites (tertiary alicyclic amines) is 1. The van der Waals surface area contributed by atoms with E-state index >= 15 is 0 Å². The summed E-state index contributed by atoms with van der Waals surface area (Å²) in [6.07, 6.45) is -3.56. The van der Waals surface area contributed by atoms with E-state index in [-0.39, 0.29) is 6.04 Å². The van der Waals surface area contributed by atoms with Crippen molar-refractivity contribution in [2.75, 3.05) is 47.5 Å². The zero-order valence-corrected chi connectivity index (χ0v) is 17.2. The van der Waals surface area contributed by atoms with E-state index in [0.717, 1.165) is 5.56 Å². The van der Waals surface area contributed by atoms with Crippen molar-refractivity contribution in [1.82, 2.24) is 15.5 Å². The van der Waals surface area contributed by atoms with E-state index in [2.05, 4.69) is 15.6 Å². The van der Waals surface area contributed by atoms with Gasteiger partial charge in [0, 0.05) is 31.2 Å². The molecule has 2 N–H and O–H groups in total. The highest BCUT2D eigenvalue weighted by molar-refractivity contribution is 5.80. The van der Waals surface area contributed by atoms with Crippen LogP contribution in [0, 0.1) is 0 Å². The molecule has 1 aromatic rings. The highest BCUT2D eigenvalue weighted by Gasteiger charge is 2.34. The lowest BCUT2D eigenvalue weighted by molar-refractivity contribution is -0.143. The smallest absolute Gasteiger partial charge is 0.401 e. The maximum atomic E-state index is 12.6. The molecule has 0 radical (unpaired) electrons. The van der Waals surface area contributed by atoms with E-state index in [9.17, 15) is 13.2 Å². The van der Waals surface area contributed by atoms with Crippen molar-refractivity contribution in [2.45, 2.75) is 32.1 Å². The number of alkyl halides is 3. The molecule has 1 saturated heterocycles. The molecule has 0 aliphatic carbocycles. The summed E-state index contributed by atoms with van der Waals surface area (Å²) in [6.45, 7) is 2.70. The molecule has 1 atom stereocenters. The number of halogens is 3. The number of aliphatic imine (C=N–C) groups is 1. The Hall–Kier alpha value is -2.36. The fourth-order valence-electron chi connectivity index (χ4n) is 3.31. The van der Waals surface area contributed by atoms with Gasteiger partial charge in [-0.15, -0.1) is 0 Å². The molecule has 164 valence electrons. The molecule has 2 rings (SSSR count). The average Bonchev–Trinajstić information content (AvgIpc) is 3.10. The molecular weight excluding hydrogens is 389 g/mol. The topological polar surface area (TPSA) is 67.4 Å². The Kier molecular flexibility index (Phi) is 8.24. The second-order valence-electron chi connectivity index (χ2n) is 6.67. The number of nitrogens with one attached hydrogen (secondary N) is 2. The van der Waals surface area contributed by atoms with E-state index in [0.29, 0.717) is 55.8 Å². The van der Waals surface area contributed by atoms with Crippen LogP contribution in [0.3, 0.4) is 0 Å². The van der Waals surface area contributed by atoms with Gasteiger partial charge in [0.05, 0.1) is 34.4 Å². The number of methoxy groups -OCH3 is 3. The van der Waals surface area contributed by atoms with Crippen molar-refractivity contribution < 1.29 is 27.4 Å². The first-order chi connectivity index (χ1) is 13.8. The number of benzene rings is 1. The van der Waals surface area contributed by atoms with Crippen molar-refractivity contribution in [2.24, 2.45) is 4.99 Å². The van der Waals surface area contributed by atoms with Crippen LogP contribution in [0.25, 0.3) is 0 Å². The van der Waals surface area contributed by atoms with Crippen LogP contribution in [0.1, 0.15) is 18.9 Å². The van der Waals surface area contributed by atoms with Gasteiger partial charge in [0.25, 0.3) is 0 Å². The number of hydrogen-bond acceptors (Lipinski definition) is 5. The molecule has 1 unspecified atom stereocenters. The zero-order chi connectivity index (χ0) is 21.4. The summed E-state index contributed by atoms with van der Waals surface area (Å²) in [5.41, 5.74) is 0.799. The standard InChI is InChI=1S/C19H29F3N4O3/c1-5-23-18(25-14-8-9-26(11-14)12-19(20,21)22)24-10-13-6-7-15(27-2)17(29-4)16(13)28-3/h6-7,14H,5,8-12H2,1-4H3,(H2,23,24,25). The normalized spacial score (nSPS) is 17.9. The van der Waals surface area contributed by atoms with Gasteiger partial charge >= 0.3 is 6.18 Å².